The monoisotopic (exact) mass is 335 g/mol. The van der Waals surface area contributed by atoms with Crippen LogP contribution in [0.4, 0.5) is 16.4 Å². The number of hydrogen-bond acceptors (Lipinski definition) is 4. The van der Waals surface area contributed by atoms with Gasteiger partial charge in [-0.15, -0.1) is 0 Å². The summed E-state index contributed by atoms with van der Waals surface area (Å²) < 4.78 is 0. The number of urea groups is 1. The molecular formula is C19H21N5O. The number of carbonyl (C=O) groups excluding carboxylic acids is 1. The summed E-state index contributed by atoms with van der Waals surface area (Å²) in [4.78, 5) is 22.1. The minimum absolute atomic E-state index is 0.231. The van der Waals surface area contributed by atoms with Crippen molar-refractivity contribution in [1.29, 1.82) is 0 Å². The minimum atomic E-state index is -0.231. The number of pyridine rings is 2. The third-order valence-electron chi connectivity index (χ3n) is 4.06. The van der Waals surface area contributed by atoms with Gasteiger partial charge in [-0.3, -0.25) is 5.32 Å². The van der Waals surface area contributed by atoms with E-state index in [0.29, 0.717) is 11.6 Å². The van der Waals surface area contributed by atoms with Crippen LogP contribution >= 0.6 is 0 Å². The average Bonchev–Trinajstić information content (AvgIpc) is 2.61. The number of benzene rings is 1. The Hall–Kier alpha value is -3.15. The molecule has 0 saturated heterocycles. The van der Waals surface area contributed by atoms with E-state index in [-0.39, 0.29) is 6.03 Å². The van der Waals surface area contributed by atoms with Crippen LogP contribution in [0.15, 0.2) is 42.6 Å². The van der Waals surface area contributed by atoms with Crippen molar-refractivity contribution in [2.45, 2.75) is 13.3 Å². The van der Waals surface area contributed by atoms with E-state index in [1.54, 1.807) is 20.3 Å². The quantitative estimate of drug-likeness (QED) is 0.767. The van der Waals surface area contributed by atoms with Crippen molar-refractivity contribution >= 4 is 28.4 Å². The molecule has 3 rings (SSSR count). The van der Waals surface area contributed by atoms with E-state index < -0.39 is 0 Å². The standard InChI is InChI=1S/C19H21N5O/c1-4-12-7-5-6-8-14(12)16-9-13-10-17(23-19(25)24(2)3)21-11-15(13)18(20)22-16/h5-11H,4H2,1-3H3,(H2,20,22)(H,21,23,25). The van der Waals surface area contributed by atoms with E-state index in [2.05, 4.69) is 28.3 Å². The lowest BCUT2D eigenvalue weighted by atomic mass is 10.0. The van der Waals surface area contributed by atoms with Crippen LogP contribution in [-0.2, 0) is 6.42 Å². The topological polar surface area (TPSA) is 84.1 Å². The fraction of sp³-hybridized carbons (Fsp3) is 0.211. The Bertz CT molecular complexity index is 936. The van der Waals surface area contributed by atoms with Gasteiger partial charge in [-0.2, -0.15) is 0 Å². The summed E-state index contributed by atoms with van der Waals surface area (Å²) in [5.41, 5.74) is 9.23. The van der Waals surface area contributed by atoms with E-state index in [1.165, 1.54) is 10.5 Å². The molecule has 0 bridgehead atoms. The van der Waals surface area contributed by atoms with Crippen LogP contribution < -0.4 is 11.1 Å². The van der Waals surface area contributed by atoms with Gasteiger partial charge in [-0.05, 0) is 29.5 Å². The van der Waals surface area contributed by atoms with Crippen LogP contribution in [0, 0.1) is 0 Å². The highest BCUT2D eigenvalue weighted by Crippen LogP contribution is 2.29. The number of nitrogens with two attached hydrogens (primary N) is 1. The molecule has 0 unspecified atom stereocenters. The number of hydrogen-bond donors (Lipinski definition) is 2. The second kappa shape index (κ2) is 6.76. The van der Waals surface area contributed by atoms with Crippen LogP contribution in [0.5, 0.6) is 0 Å². The molecule has 1 aromatic carbocycles. The highest BCUT2D eigenvalue weighted by Gasteiger charge is 2.11. The molecule has 0 saturated carbocycles. The average molecular weight is 335 g/mol. The first kappa shape index (κ1) is 16.7. The number of aryl methyl sites for hydroxylation is 1. The van der Waals surface area contributed by atoms with Crippen molar-refractivity contribution in [3.63, 3.8) is 0 Å². The molecule has 3 aromatic rings. The normalized spacial score (nSPS) is 10.7. The number of rotatable bonds is 3. The molecule has 2 heterocycles. The molecule has 128 valence electrons. The van der Waals surface area contributed by atoms with Crippen LogP contribution in [0.25, 0.3) is 22.0 Å². The fourth-order valence-electron chi connectivity index (χ4n) is 2.68. The number of aromatic nitrogens is 2. The van der Waals surface area contributed by atoms with Crippen LogP contribution in [-0.4, -0.2) is 35.0 Å². The number of carbonyl (C=O) groups is 1. The highest BCUT2D eigenvalue weighted by atomic mass is 16.2. The van der Waals surface area contributed by atoms with Crippen molar-refractivity contribution in [1.82, 2.24) is 14.9 Å². The maximum Gasteiger partial charge on any atom is 0.322 e. The lowest BCUT2D eigenvalue weighted by Gasteiger charge is -2.13. The van der Waals surface area contributed by atoms with Crippen LogP contribution in [0.3, 0.4) is 0 Å². The predicted octanol–water partition coefficient (Wildman–Crippen LogP) is 3.53. The van der Waals surface area contributed by atoms with Gasteiger partial charge in [0.2, 0.25) is 0 Å². The number of amides is 2. The van der Waals surface area contributed by atoms with Crippen molar-refractivity contribution in [3.05, 3.63) is 48.2 Å². The summed E-state index contributed by atoms with van der Waals surface area (Å²) in [6, 6.07) is 11.7. The molecule has 0 fully saturated rings. The molecule has 2 aromatic heterocycles. The summed E-state index contributed by atoms with van der Waals surface area (Å²) in [5, 5.41) is 4.40. The SMILES string of the molecule is CCc1ccccc1-c1cc2cc(NC(=O)N(C)C)ncc2c(N)n1. The van der Waals surface area contributed by atoms with Crippen molar-refractivity contribution in [2.24, 2.45) is 0 Å². The van der Waals surface area contributed by atoms with Gasteiger partial charge in [-0.25, -0.2) is 14.8 Å². The number of nitrogens with zero attached hydrogens (tertiary/aromatic N) is 3. The third-order valence-corrected chi connectivity index (χ3v) is 4.06. The molecule has 0 aliphatic rings. The van der Waals surface area contributed by atoms with Crippen molar-refractivity contribution in [2.75, 3.05) is 25.1 Å². The van der Waals surface area contributed by atoms with Gasteiger partial charge in [0.25, 0.3) is 0 Å². The molecule has 0 aliphatic carbocycles. The molecule has 0 spiro atoms. The van der Waals surface area contributed by atoms with E-state index in [1.807, 2.05) is 30.3 Å². The van der Waals surface area contributed by atoms with Crippen molar-refractivity contribution in [3.8, 4) is 11.3 Å². The van der Waals surface area contributed by atoms with E-state index >= 15 is 0 Å². The first-order chi connectivity index (χ1) is 12.0. The number of nitrogen functional groups attached to an aromatic ring is 1. The van der Waals surface area contributed by atoms with Crippen LogP contribution in [0.1, 0.15) is 12.5 Å². The molecule has 0 atom stereocenters. The highest BCUT2D eigenvalue weighted by molar-refractivity contribution is 5.96. The Morgan fingerprint density at radius 3 is 2.72 bits per heavy atom. The van der Waals surface area contributed by atoms with Gasteiger partial charge in [0.05, 0.1) is 5.69 Å². The van der Waals surface area contributed by atoms with Gasteiger partial charge in [0.1, 0.15) is 11.6 Å². The molecular weight excluding hydrogens is 314 g/mol. The summed E-state index contributed by atoms with van der Waals surface area (Å²) in [7, 11) is 3.36. The van der Waals surface area contributed by atoms with E-state index in [9.17, 15) is 4.79 Å². The fourth-order valence-corrected chi connectivity index (χ4v) is 2.68. The van der Waals surface area contributed by atoms with Crippen molar-refractivity contribution < 1.29 is 4.79 Å². The Kier molecular flexibility index (Phi) is 4.52. The summed E-state index contributed by atoms with van der Waals surface area (Å²) in [6.45, 7) is 2.11. The number of fused-ring (bicyclic) bond motifs is 1. The molecule has 6 heteroatoms. The second-order valence-electron chi connectivity index (χ2n) is 6.02. The first-order valence-electron chi connectivity index (χ1n) is 8.12. The summed E-state index contributed by atoms with van der Waals surface area (Å²) >= 11 is 0. The zero-order chi connectivity index (χ0) is 18.0. The lowest BCUT2D eigenvalue weighted by molar-refractivity contribution is 0.230. The Labute approximate surface area is 146 Å². The summed E-state index contributed by atoms with van der Waals surface area (Å²) in [6.07, 6.45) is 2.55. The van der Waals surface area contributed by atoms with Gasteiger partial charge in [0.15, 0.2) is 0 Å². The minimum Gasteiger partial charge on any atom is -0.383 e. The Morgan fingerprint density at radius 1 is 1.24 bits per heavy atom. The first-order valence-corrected chi connectivity index (χ1v) is 8.12. The Morgan fingerprint density at radius 2 is 2.00 bits per heavy atom. The zero-order valence-corrected chi connectivity index (χ0v) is 14.6. The number of anilines is 2. The molecule has 0 aliphatic heterocycles. The lowest BCUT2D eigenvalue weighted by Crippen LogP contribution is -2.27. The van der Waals surface area contributed by atoms with E-state index in [4.69, 9.17) is 5.73 Å². The predicted molar refractivity (Wildman–Crippen MR) is 101 cm³/mol. The maximum absolute atomic E-state index is 11.8. The van der Waals surface area contributed by atoms with Gasteiger partial charge in [0, 0.05) is 31.2 Å². The third kappa shape index (κ3) is 3.38. The number of nitrogens with one attached hydrogen (secondary N) is 1. The van der Waals surface area contributed by atoms with Crippen LogP contribution in [0.2, 0.25) is 0 Å². The largest absolute Gasteiger partial charge is 0.383 e. The molecule has 25 heavy (non-hydrogen) atoms. The molecule has 6 nitrogen and oxygen atoms in total. The molecule has 3 N–H and O–H groups in total. The smallest absolute Gasteiger partial charge is 0.322 e. The molecule has 0 radical (unpaired) electrons. The second-order valence-corrected chi connectivity index (χ2v) is 6.02. The maximum atomic E-state index is 11.8. The zero-order valence-electron chi connectivity index (χ0n) is 14.6. The van der Waals surface area contributed by atoms with E-state index in [0.717, 1.165) is 28.5 Å². The van der Waals surface area contributed by atoms with Gasteiger partial charge >= 0.3 is 6.03 Å². The Balaban J connectivity index is 2.09. The summed E-state index contributed by atoms with van der Waals surface area (Å²) in [5.74, 6) is 0.905. The molecule has 2 amide bonds. The van der Waals surface area contributed by atoms with Gasteiger partial charge < -0.3 is 10.6 Å². The van der Waals surface area contributed by atoms with Gasteiger partial charge in [-0.1, -0.05) is 31.2 Å².